The van der Waals surface area contributed by atoms with Gasteiger partial charge in [0.2, 0.25) is 11.8 Å². The molecule has 0 radical (unpaired) electrons. The zero-order valence-corrected chi connectivity index (χ0v) is 17.1. The lowest BCUT2D eigenvalue weighted by atomic mass is 10.1. The predicted octanol–water partition coefficient (Wildman–Crippen LogP) is 2.48. The van der Waals surface area contributed by atoms with Gasteiger partial charge in [-0.1, -0.05) is 43.3 Å². The van der Waals surface area contributed by atoms with Gasteiger partial charge in [0.25, 0.3) is 5.56 Å². The minimum Gasteiger partial charge on any atom is -0.352 e. The van der Waals surface area contributed by atoms with E-state index in [1.807, 2.05) is 38.1 Å². The lowest BCUT2D eigenvalue weighted by molar-refractivity contribution is -0.121. The molecule has 8 heteroatoms. The molecule has 1 aromatic heterocycles. The van der Waals surface area contributed by atoms with Crippen molar-refractivity contribution in [3.05, 3.63) is 64.4 Å². The number of hydrogen-bond acceptors (Lipinski definition) is 5. The van der Waals surface area contributed by atoms with E-state index in [2.05, 4.69) is 20.9 Å². The minimum absolute atomic E-state index is 0.0272. The van der Waals surface area contributed by atoms with Gasteiger partial charge in [-0.25, -0.2) is 4.68 Å². The first kappa shape index (κ1) is 21.2. The second-order valence-corrected chi connectivity index (χ2v) is 7.16. The van der Waals surface area contributed by atoms with E-state index in [0.717, 1.165) is 12.0 Å². The fourth-order valence-corrected chi connectivity index (χ4v) is 2.88. The molecule has 0 fully saturated rings. The third kappa shape index (κ3) is 5.28. The summed E-state index contributed by atoms with van der Waals surface area (Å²) in [6, 6.07) is 14.3. The molecule has 0 unspecified atom stereocenters. The summed E-state index contributed by atoms with van der Waals surface area (Å²) < 4.78 is 1.20. The van der Waals surface area contributed by atoms with Crippen molar-refractivity contribution in [3.63, 3.8) is 0 Å². The summed E-state index contributed by atoms with van der Waals surface area (Å²) in [6.45, 7) is 4.32. The lowest BCUT2D eigenvalue weighted by Gasteiger charge is -2.11. The predicted molar refractivity (Wildman–Crippen MR) is 115 cm³/mol. The Balaban J connectivity index is 1.54. The standard InChI is InChI=1S/C22H25N5O3/c1-3-15(2)21(29)24-17-8-6-7-16(13-17)14-23-20(28)11-12-27-22(30)18-9-4-5-10-19(18)25-26-27/h4-10,13,15H,3,11-12,14H2,1-2H3,(H,23,28)(H,24,29)/t15-/m1/s1. The van der Waals surface area contributed by atoms with Crippen LogP contribution < -0.4 is 16.2 Å². The van der Waals surface area contributed by atoms with Gasteiger partial charge in [-0.3, -0.25) is 14.4 Å². The normalized spacial score (nSPS) is 11.8. The number of rotatable bonds is 8. The van der Waals surface area contributed by atoms with Crippen molar-refractivity contribution in [2.45, 2.75) is 39.8 Å². The topological polar surface area (TPSA) is 106 Å². The smallest absolute Gasteiger partial charge is 0.277 e. The van der Waals surface area contributed by atoms with Crippen LogP contribution in [0, 0.1) is 5.92 Å². The zero-order chi connectivity index (χ0) is 21.5. The molecule has 2 N–H and O–H groups in total. The Bertz CT molecular complexity index is 1110. The number of aryl methyl sites for hydroxylation is 1. The molecule has 0 saturated heterocycles. The quantitative estimate of drug-likeness (QED) is 0.597. The van der Waals surface area contributed by atoms with Gasteiger partial charge in [0, 0.05) is 24.6 Å². The molecule has 0 aliphatic carbocycles. The molecule has 0 bridgehead atoms. The first-order chi connectivity index (χ1) is 14.5. The first-order valence-corrected chi connectivity index (χ1v) is 9.97. The van der Waals surface area contributed by atoms with Crippen LogP contribution in [0.1, 0.15) is 32.3 Å². The first-order valence-electron chi connectivity index (χ1n) is 9.97. The van der Waals surface area contributed by atoms with E-state index in [1.54, 1.807) is 24.3 Å². The Morgan fingerprint density at radius 1 is 1.13 bits per heavy atom. The molecule has 0 saturated carbocycles. The number of amides is 2. The van der Waals surface area contributed by atoms with Crippen molar-refractivity contribution in [2.75, 3.05) is 5.32 Å². The van der Waals surface area contributed by atoms with Crippen LogP contribution in [0.4, 0.5) is 5.69 Å². The molecule has 0 aliphatic rings. The second kappa shape index (κ2) is 9.78. The van der Waals surface area contributed by atoms with Crippen molar-refractivity contribution in [2.24, 2.45) is 5.92 Å². The molecule has 0 spiro atoms. The van der Waals surface area contributed by atoms with Gasteiger partial charge in [0.05, 0.1) is 11.9 Å². The van der Waals surface area contributed by atoms with Crippen LogP contribution in [0.15, 0.2) is 53.3 Å². The SMILES string of the molecule is CC[C@@H](C)C(=O)Nc1cccc(CNC(=O)CCn2nnc3ccccc3c2=O)c1. The van der Waals surface area contributed by atoms with Crippen LogP contribution in [0.25, 0.3) is 10.9 Å². The lowest BCUT2D eigenvalue weighted by Crippen LogP contribution is -2.29. The Morgan fingerprint density at radius 3 is 2.73 bits per heavy atom. The zero-order valence-electron chi connectivity index (χ0n) is 17.1. The maximum Gasteiger partial charge on any atom is 0.277 e. The number of carbonyl (C=O) groups excluding carboxylic acids is 2. The van der Waals surface area contributed by atoms with Crippen LogP contribution in [0.5, 0.6) is 0 Å². The highest BCUT2D eigenvalue weighted by Gasteiger charge is 2.11. The molecule has 2 aromatic carbocycles. The number of aromatic nitrogens is 3. The summed E-state index contributed by atoms with van der Waals surface area (Å²) in [4.78, 5) is 36.7. The highest BCUT2D eigenvalue weighted by Crippen LogP contribution is 2.13. The van der Waals surface area contributed by atoms with E-state index in [9.17, 15) is 14.4 Å². The van der Waals surface area contributed by atoms with Crippen LogP contribution in [-0.2, 0) is 22.7 Å². The summed E-state index contributed by atoms with van der Waals surface area (Å²) in [7, 11) is 0. The van der Waals surface area contributed by atoms with Crippen LogP contribution >= 0.6 is 0 Å². The average molecular weight is 407 g/mol. The molecule has 2 amide bonds. The largest absolute Gasteiger partial charge is 0.352 e. The van der Waals surface area contributed by atoms with Crippen LogP contribution in [-0.4, -0.2) is 26.8 Å². The third-order valence-corrected chi connectivity index (χ3v) is 4.92. The summed E-state index contributed by atoms with van der Waals surface area (Å²) in [5, 5.41) is 14.1. The van der Waals surface area contributed by atoms with Crippen molar-refractivity contribution in [3.8, 4) is 0 Å². The summed E-state index contributed by atoms with van der Waals surface area (Å²) >= 11 is 0. The molecular weight excluding hydrogens is 382 g/mol. The summed E-state index contributed by atoms with van der Waals surface area (Å²) in [5.41, 5.74) is 1.83. The van der Waals surface area contributed by atoms with Gasteiger partial charge in [-0.15, -0.1) is 5.10 Å². The summed E-state index contributed by atoms with van der Waals surface area (Å²) in [6.07, 6.45) is 0.879. The molecule has 30 heavy (non-hydrogen) atoms. The number of nitrogens with one attached hydrogen (secondary N) is 2. The van der Waals surface area contributed by atoms with Gasteiger partial charge in [-0.2, -0.15) is 0 Å². The van der Waals surface area contributed by atoms with Gasteiger partial charge in [-0.05, 0) is 36.2 Å². The third-order valence-electron chi connectivity index (χ3n) is 4.92. The summed E-state index contributed by atoms with van der Waals surface area (Å²) in [5.74, 6) is -0.290. The average Bonchev–Trinajstić information content (AvgIpc) is 2.77. The molecule has 3 rings (SSSR count). The van der Waals surface area contributed by atoms with Crippen molar-refractivity contribution < 1.29 is 9.59 Å². The van der Waals surface area contributed by atoms with Gasteiger partial charge in [0.1, 0.15) is 5.52 Å². The van der Waals surface area contributed by atoms with Gasteiger partial charge in [0.15, 0.2) is 0 Å². The number of carbonyl (C=O) groups is 2. The number of nitrogens with zero attached hydrogens (tertiary/aromatic N) is 3. The number of benzene rings is 2. The maximum atomic E-state index is 12.4. The molecule has 1 heterocycles. The van der Waals surface area contributed by atoms with Crippen molar-refractivity contribution in [1.29, 1.82) is 0 Å². The van der Waals surface area contributed by atoms with Crippen LogP contribution in [0.2, 0.25) is 0 Å². The number of fused-ring (bicyclic) bond motifs is 1. The number of hydrogen-bond donors (Lipinski definition) is 2. The molecule has 3 aromatic rings. The maximum absolute atomic E-state index is 12.4. The van der Waals surface area contributed by atoms with Gasteiger partial charge >= 0.3 is 0 Å². The fourth-order valence-electron chi connectivity index (χ4n) is 2.88. The number of anilines is 1. The van der Waals surface area contributed by atoms with Gasteiger partial charge < -0.3 is 10.6 Å². The van der Waals surface area contributed by atoms with Crippen molar-refractivity contribution >= 4 is 28.4 Å². The van der Waals surface area contributed by atoms with E-state index in [-0.39, 0.29) is 36.3 Å². The molecule has 1 atom stereocenters. The Labute approximate surface area is 174 Å². The highest BCUT2D eigenvalue weighted by atomic mass is 16.2. The van der Waals surface area contributed by atoms with Crippen LogP contribution in [0.3, 0.4) is 0 Å². The van der Waals surface area contributed by atoms with E-state index in [1.165, 1.54) is 4.68 Å². The molecule has 156 valence electrons. The van der Waals surface area contributed by atoms with E-state index >= 15 is 0 Å². The Hall–Kier alpha value is -3.55. The Kier molecular flexibility index (Phi) is 6.90. The van der Waals surface area contributed by atoms with E-state index in [0.29, 0.717) is 23.1 Å². The van der Waals surface area contributed by atoms with Crippen molar-refractivity contribution in [1.82, 2.24) is 20.3 Å². The monoisotopic (exact) mass is 407 g/mol. The fraction of sp³-hybridized carbons (Fsp3) is 0.318. The van der Waals surface area contributed by atoms with E-state index < -0.39 is 0 Å². The molecular formula is C22H25N5O3. The van der Waals surface area contributed by atoms with E-state index in [4.69, 9.17) is 0 Å². The molecule has 8 nitrogen and oxygen atoms in total. The Morgan fingerprint density at radius 2 is 1.93 bits per heavy atom. The minimum atomic E-state index is -0.266. The molecule has 0 aliphatic heterocycles. The second-order valence-electron chi connectivity index (χ2n) is 7.16. The highest BCUT2D eigenvalue weighted by molar-refractivity contribution is 5.92.